The van der Waals surface area contributed by atoms with Gasteiger partial charge in [0.15, 0.2) is 0 Å². The third-order valence-electron chi connectivity index (χ3n) is 10.7. The van der Waals surface area contributed by atoms with E-state index in [1.165, 1.54) is 60.0 Å². The third-order valence-corrected chi connectivity index (χ3v) is 10.7. The molecule has 256 valence electrons. The lowest BCUT2D eigenvalue weighted by molar-refractivity contribution is 1.28. The molecule has 10 aromatic rings. The predicted molar refractivity (Wildman–Crippen MR) is 230 cm³/mol. The van der Waals surface area contributed by atoms with Crippen LogP contribution in [0.25, 0.3) is 76.5 Å². The van der Waals surface area contributed by atoms with Crippen molar-refractivity contribution in [2.45, 2.75) is 0 Å². The molecule has 9 aromatic carbocycles. The Kier molecular flexibility index (Phi) is 7.86. The fourth-order valence-corrected chi connectivity index (χ4v) is 8.17. The standard InChI is InChI=1S/C52H33N3/c53-33-35-18-25-42(26-19-35)55(43-27-22-36(23-28-43)41-11-8-30-54-34-41)44-29-24-38-31-40(21-20-39(38)32-44)51-47-13-3-5-15-49(47)52(50-16-6-4-14-48(50)51)46-17-7-10-37-9-1-2-12-45(37)46/h1-32,34H. The highest BCUT2D eigenvalue weighted by molar-refractivity contribution is 6.23. The molecule has 0 saturated heterocycles. The predicted octanol–water partition coefficient (Wildman–Crippen LogP) is 14.0. The molecule has 0 bridgehead atoms. The molecule has 3 nitrogen and oxygen atoms in total. The van der Waals surface area contributed by atoms with E-state index in [2.05, 4.69) is 174 Å². The smallest absolute Gasteiger partial charge is 0.0991 e. The van der Waals surface area contributed by atoms with Gasteiger partial charge in [0.1, 0.15) is 0 Å². The van der Waals surface area contributed by atoms with E-state index < -0.39 is 0 Å². The lowest BCUT2D eigenvalue weighted by Crippen LogP contribution is -2.09. The summed E-state index contributed by atoms with van der Waals surface area (Å²) in [4.78, 5) is 6.55. The first-order valence-corrected chi connectivity index (χ1v) is 18.5. The molecule has 10 rings (SSSR count). The SMILES string of the molecule is N#Cc1ccc(N(c2ccc(-c3cccnc3)cc2)c2ccc3cc(-c4c5ccccc5c(-c5cccc6ccccc56)c5ccccc45)ccc3c2)cc1. The van der Waals surface area contributed by atoms with E-state index in [4.69, 9.17) is 0 Å². The highest BCUT2D eigenvalue weighted by atomic mass is 15.1. The number of anilines is 3. The van der Waals surface area contributed by atoms with Crippen LogP contribution in [0.4, 0.5) is 17.1 Å². The van der Waals surface area contributed by atoms with E-state index in [9.17, 15) is 5.26 Å². The first-order valence-electron chi connectivity index (χ1n) is 18.5. The van der Waals surface area contributed by atoms with Gasteiger partial charge in [-0.05, 0) is 137 Å². The second-order valence-electron chi connectivity index (χ2n) is 13.9. The first-order chi connectivity index (χ1) is 27.2. The summed E-state index contributed by atoms with van der Waals surface area (Å²) in [5, 5.41) is 19.3. The van der Waals surface area contributed by atoms with Crippen LogP contribution in [0.2, 0.25) is 0 Å². The van der Waals surface area contributed by atoms with Crippen molar-refractivity contribution in [3.05, 3.63) is 206 Å². The average Bonchev–Trinajstić information content (AvgIpc) is 3.26. The number of benzene rings is 9. The number of hydrogen-bond acceptors (Lipinski definition) is 3. The Hall–Kier alpha value is -7.54. The molecular weight excluding hydrogens is 667 g/mol. The fourth-order valence-electron chi connectivity index (χ4n) is 8.17. The number of nitrogens with zero attached hydrogens (tertiary/aromatic N) is 3. The minimum atomic E-state index is 0.631. The maximum atomic E-state index is 9.52. The van der Waals surface area contributed by atoms with Gasteiger partial charge in [0.2, 0.25) is 0 Å². The lowest BCUT2D eigenvalue weighted by Gasteiger charge is -2.26. The topological polar surface area (TPSA) is 39.9 Å². The third kappa shape index (κ3) is 5.65. The van der Waals surface area contributed by atoms with Gasteiger partial charge in [-0.3, -0.25) is 4.98 Å². The number of hydrogen-bond donors (Lipinski definition) is 0. The quantitative estimate of drug-likeness (QED) is 0.162. The maximum absolute atomic E-state index is 9.52. The summed E-state index contributed by atoms with van der Waals surface area (Å²) in [5.74, 6) is 0. The molecule has 0 amide bonds. The average molecular weight is 700 g/mol. The minimum Gasteiger partial charge on any atom is -0.310 e. The van der Waals surface area contributed by atoms with E-state index in [0.29, 0.717) is 5.56 Å². The van der Waals surface area contributed by atoms with Crippen LogP contribution >= 0.6 is 0 Å². The van der Waals surface area contributed by atoms with Crippen LogP contribution < -0.4 is 4.90 Å². The zero-order valence-electron chi connectivity index (χ0n) is 29.9. The molecule has 0 aliphatic carbocycles. The highest BCUT2D eigenvalue weighted by Gasteiger charge is 2.19. The fraction of sp³-hybridized carbons (Fsp3) is 0. The van der Waals surface area contributed by atoms with Gasteiger partial charge < -0.3 is 4.90 Å². The Balaban J connectivity index is 1.11. The second-order valence-corrected chi connectivity index (χ2v) is 13.9. The van der Waals surface area contributed by atoms with Gasteiger partial charge in [-0.1, -0.05) is 127 Å². The van der Waals surface area contributed by atoms with Crippen molar-refractivity contribution in [1.82, 2.24) is 4.98 Å². The molecule has 0 aliphatic rings. The van der Waals surface area contributed by atoms with Crippen LogP contribution in [0, 0.1) is 11.3 Å². The number of aromatic nitrogens is 1. The summed E-state index contributed by atoms with van der Waals surface area (Å²) in [6.07, 6.45) is 3.68. The summed E-state index contributed by atoms with van der Waals surface area (Å²) in [6.45, 7) is 0. The van der Waals surface area contributed by atoms with Crippen LogP contribution in [0.3, 0.4) is 0 Å². The van der Waals surface area contributed by atoms with Crippen molar-refractivity contribution in [1.29, 1.82) is 5.26 Å². The van der Waals surface area contributed by atoms with Gasteiger partial charge in [-0.15, -0.1) is 0 Å². The molecule has 0 unspecified atom stereocenters. The number of fused-ring (bicyclic) bond motifs is 4. The molecule has 0 N–H and O–H groups in total. The van der Waals surface area contributed by atoms with Gasteiger partial charge in [0, 0.05) is 29.5 Å². The van der Waals surface area contributed by atoms with Crippen LogP contribution in [0.15, 0.2) is 200 Å². The maximum Gasteiger partial charge on any atom is 0.0991 e. The number of rotatable bonds is 6. The van der Waals surface area contributed by atoms with Crippen LogP contribution in [-0.2, 0) is 0 Å². The molecule has 3 heteroatoms. The van der Waals surface area contributed by atoms with Crippen molar-refractivity contribution in [2.75, 3.05) is 4.90 Å². The zero-order chi connectivity index (χ0) is 36.7. The van der Waals surface area contributed by atoms with Crippen molar-refractivity contribution in [3.8, 4) is 39.4 Å². The van der Waals surface area contributed by atoms with Crippen molar-refractivity contribution >= 4 is 60.2 Å². The monoisotopic (exact) mass is 699 g/mol. The van der Waals surface area contributed by atoms with Crippen molar-refractivity contribution in [2.24, 2.45) is 0 Å². The van der Waals surface area contributed by atoms with Gasteiger partial charge in [-0.25, -0.2) is 0 Å². The van der Waals surface area contributed by atoms with Crippen LogP contribution in [-0.4, -0.2) is 4.98 Å². The summed E-state index contributed by atoms with van der Waals surface area (Å²) in [6, 6.07) is 69.2. The molecule has 1 aromatic heterocycles. The molecule has 0 spiro atoms. The second kappa shape index (κ2) is 13.5. The summed E-state index contributed by atoms with van der Waals surface area (Å²) in [5.41, 5.74) is 10.8. The zero-order valence-corrected chi connectivity index (χ0v) is 29.9. The molecule has 0 aliphatic heterocycles. The number of nitriles is 1. The van der Waals surface area contributed by atoms with Gasteiger partial charge >= 0.3 is 0 Å². The molecule has 0 atom stereocenters. The summed E-state index contributed by atoms with van der Waals surface area (Å²) >= 11 is 0. The molecule has 55 heavy (non-hydrogen) atoms. The molecule has 0 saturated carbocycles. The van der Waals surface area contributed by atoms with E-state index in [-0.39, 0.29) is 0 Å². The summed E-state index contributed by atoms with van der Waals surface area (Å²) < 4.78 is 0. The van der Waals surface area contributed by atoms with Gasteiger partial charge in [-0.2, -0.15) is 5.26 Å². The van der Waals surface area contributed by atoms with E-state index in [1.54, 1.807) is 6.20 Å². The lowest BCUT2D eigenvalue weighted by atomic mass is 9.84. The molecule has 0 radical (unpaired) electrons. The normalized spacial score (nSPS) is 11.3. The van der Waals surface area contributed by atoms with Gasteiger partial charge in [0.25, 0.3) is 0 Å². The van der Waals surface area contributed by atoms with E-state index >= 15 is 0 Å². The van der Waals surface area contributed by atoms with Crippen LogP contribution in [0.1, 0.15) is 5.56 Å². The summed E-state index contributed by atoms with van der Waals surface area (Å²) in [7, 11) is 0. The van der Waals surface area contributed by atoms with Gasteiger partial charge in [0.05, 0.1) is 11.6 Å². The Labute approximate surface area is 319 Å². The largest absolute Gasteiger partial charge is 0.310 e. The minimum absolute atomic E-state index is 0.631. The Morgan fingerprint density at radius 3 is 1.64 bits per heavy atom. The van der Waals surface area contributed by atoms with E-state index in [1.807, 2.05) is 36.5 Å². The van der Waals surface area contributed by atoms with Crippen molar-refractivity contribution in [3.63, 3.8) is 0 Å². The number of pyridine rings is 1. The van der Waals surface area contributed by atoms with Crippen molar-refractivity contribution < 1.29 is 0 Å². The Morgan fingerprint density at radius 2 is 0.964 bits per heavy atom. The first kappa shape index (κ1) is 32.1. The Morgan fingerprint density at radius 1 is 0.400 bits per heavy atom. The molecule has 0 fully saturated rings. The molecular formula is C52H33N3. The highest BCUT2D eigenvalue weighted by Crippen LogP contribution is 2.46. The van der Waals surface area contributed by atoms with Crippen LogP contribution in [0.5, 0.6) is 0 Å². The van der Waals surface area contributed by atoms with E-state index in [0.717, 1.165) is 33.6 Å². The Bertz CT molecular complexity index is 3020. The molecule has 1 heterocycles.